The lowest BCUT2D eigenvalue weighted by molar-refractivity contribution is -0.120. The van der Waals surface area contributed by atoms with Crippen LogP contribution in [0.3, 0.4) is 0 Å². The Hall–Kier alpha value is -2.81. The number of halogens is 1. The molecule has 0 aromatic heterocycles. The van der Waals surface area contributed by atoms with Crippen LogP contribution >= 0.6 is 0 Å². The number of amides is 1. The summed E-state index contributed by atoms with van der Waals surface area (Å²) in [7, 11) is -2.24. The summed E-state index contributed by atoms with van der Waals surface area (Å²) in [6.45, 7) is 3.35. The van der Waals surface area contributed by atoms with Gasteiger partial charge in [-0.05, 0) is 44.2 Å². The zero-order chi connectivity index (χ0) is 22.1. The van der Waals surface area contributed by atoms with Crippen molar-refractivity contribution >= 4 is 21.6 Å². The van der Waals surface area contributed by atoms with Crippen molar-refractivity contribution in [2.75, 3.05) is 24.2 Å². The zero-order valence-corrected chi connectivity index (χ0v) is 18.1. The fraction of sp³-hybridized carbons (Fsp3) is 0.381. The third-order valence-electron chi connectivity index (χ3n) is 4.80. The van der Waals surface area contributed by atoms with Crippen LogP contribution in [0.1, 0.15) is 31.9 Å². The number of rotatable bonds is 6. The van der Waals surface area contributed by atoms with Crippen LogP contribution in [0, 0.1) is 5.82 Å². The largest absolute Gasteiger partial charge is 0.497 e. The average molecular weight is 437 g/mol. The molecule has 162 valence electrons. The molecule has 0 bridgehead atoms. The van der Waals surface area contributed by atoms with Crippen LogP contribution in [0.15, 0.2) is 42.5 Å². The third kappa shape index (κ3) is 5.02. The van der Waals surface area contributed by atoms with Gasteiger partial charge in [0.1, 0.15) is 29.5 Å². The Balaban J connectivity index is 1.84. The molecule has 1 amide bonds. The third-order valence-corrected chi connectivity index (χ3v) is 5.94. The number of anilines is 1. The van der Waals surface area contributed by atoms with E-state index < -0.39 is 33.9 Å². The van der Waals surface area contributed by atoms with Gasteiger partial charge in [0.2, 0.25) is 15.9 Å². The Labute approximate surface area is 175 Å². The minimum atomic E-state index is -3.80. The van der Waals surface area contributed by atoms with Crippen molar-refractivity contribution < 1.29 is 27.1 Å². The summed E-state index contributed by atoms with van der Waals surface area (Å²) in [6, 6.07) is 10.1. The fourth-order valence-electron chi connectivity index (χ4n) is 3.49. The fourth-order valence-corrected chi connectivity index (χ4v) is 4.34. The summed E-state index contributed by atoms with van der Waals surface area (Å²) in [4.78, 5) is 12.8. The number of hydrogen-bond acceptors (Lipinski definition) is 5. The molecule has 1 aliphatic heterocycles. The van der Waals surface area contributed by atoms with E-state index in [1.807, 2.05) is 19.9 Å². The number of hydrogen-bond donors (Lipinski definition) is 1. The average Bonchev–Trinajstić information content (AvgIpc) is 2.63. The number of nitrogens with zero attached hydrogens (tertiary/aromatic N) is 1. The Morgan fingerprint density at radius 3 is 2.67 bits per heavy atom. The molecule has 0 unspecified atom stereocenters. The first-order chi connectivity index (χ1) is 14.0. The highest BCUT2D eigenvalue weighted by Crippen LogP contribution is 2.41. The number of benzene rings is 2. The molecule has 0 radical (unpaired) electrons. The summed E-state index contributed by atoms with van der Waals surface area (Å²) in [5.41, 5.74) is 0.321. The van der Waals surface area contributed by atoms with Gasteiger partial charge >= 0.3 is 0 Å². The van der Waals surface area contributed by atoms with Crippen LogP contribution in [0.5, 0.6) is 11.5 Å². The molecular formula is C21H25FN2O5S. The number of methoxy groups -OCH3 is 1. The maximum atomic E-state index is 13.6. The lowest BCUT2D eigenvalue weighted by Gasteiger charge is -2.38. The van der Waals surface area contributed by atoms with Gasteiger partial charge in [0.15, 0.2) is 0 Å². The summed E-state index contributed by atoms with van der Waals surface area (Å²) in [5, 5.41) is 2.90. The van der Waals surface area contributed by atoms with E-state index >= 15 is 0 Å². The number of ether oxygens (including phenoxy) is 2. The Bertz CT molecular complexity index is 1060. The van der Waals surface area contributed by atoms with Gasteiger partial charge in [-0.3, -0.25) is 9.10 Å². The molecule has 1 atom stereocenters. The second-order valence-corrected chi connectivity index (χ2v) is 9.75. The molecule has 0 saturated heterocycles. The number of carbonyl (C=O) groups is 1. The highest BCUT2D eigenvalue weighted by molar-refractivity contribution is 7.92. The van der Waals surface area contributed by atoms with Gasteiger partial charge in [0.25, 0.3) is 0 Å². The topological polar surface area (TPSA) is 84.9 Å². The quantitative estimate of drug-likeness (QED) is 0.753. The molecule has 0 spiro atoms. The van der Waals surface area contributed by atoms with Gasteiger partial charge in [0, 0.05) is 18.1 Å². The van der Waals surface area contributed by atoms with Crippen molar-refractivity contribution in [3.63, 3.8) is 0 Å². The molecule has 9 heteroatoms. The molecular weight excluding hydrogens is 411 g/mol. The number of carbonyl (C=O) groups excluding carboxylic acids is 1. The second kappa shape index (κ2) is 8.14. The van der Waals surface area contributed by atoms with Crippen molar-refractivity contribution in [2.24, 2.45) is 0 Å². The van der Waals surface area contributed by atoms with E-state index in [-0.39, 0.29) is 11.7 Å². The Kier molecular flexibility index (Phi) is 5.94. The number of nitrogens with one attached hydrogen (secondary N) is 1. The van der Waals surface area contributed by atoms with Crippen molar-refractivity contribution in [3.05, 3.63) is 53.8 Å². The first kappa shape index (κ1) is 21.9. The van der Waals surface area contributed by atoms with Crippen molar-refractivity contribution in [1.29, 1.82) is 0 Å². The highest BCUT2D eigenvalue weighted by Gasteiger charge is 2.35. The van der Waals surface area contributed by atoms with Gasteiger partial charge in [-0.15, -0.1) is 0 Å². The number of fused-ring (bicyclic) bond motifs is 1. The van der Waals surface area contributed by atoms with Gasteiger partial charge in [-0.2, -0.15) is 0 Å². The van der Waals surface area contributed by atoms with E-state index in [9.17, 15) is 17.6 Å². The predicted octanol–water partition coefficient (Wildman–Crippen LogP) is 3.02. The molecule has 0 aliphatic carbocycles. The first-order valence-corrected chi connectivity index (χ1v) is 11.2. The molecule has 7 nitrogen and oxygen atoms in total. The first-order valence-electron chi connectivity index (χ1n) is 9.38. The van der Waals surface area contributed by atoms with Crippen molar-refractivity contribution in [1.82, 2.24) is 5.32 Å². The summed E-state index contributed by atoms with van der Waals surface area (Å²) < 4.78 is 50.2. The number of sulfonamides is 1. The SMILES string of the molecule is COc1ccc2c(c1)OC(C)(C)C[C@H]2NC(=O)CN(c1cccc(F)c1)S(C)(=O)=O. The summed E-state index contributed by atoms with van der Waals surface area (Å²) in [5.74, 6) is 0.136. The molecule has 1 heterocycles. The molecule has 0 fully saturated rings. The molecule has 3 rings (SSSR count). The zero-order valence-electron chi connectivity index (χ0n) is 17.3. The second-order valence-electron chi connectivity index (χ2n) is 7.84. The van der Waals surface area contributed by atoms with Crippen LogP contribution in [0.4, 0.5) is 10.1 Å². The lowest BCUT2D eigenvalue weighted by Crippen LogP contribution is -2.45. The lowest BCUT2D eigenvalue weighted by atomic mass is 9.89. The van der Waals surface area contributed by atoms with Crippen LogP contribution in [0.2, 0.25) is 0 Å². The standard InChI is InChI=1S/C21H25FN2O5S/c1-21(2)12-18(17-9-8-16(28-3)11-19(17)29-21)23-20(25)13-24(30(4,26)27)15-7-5-6-14(22)10-15/h5-11,18H,12-13H2,1-4H3,(H,23,25)/t18-/m1/s1. The maximum absolute atomic E-state index is 13.6. The Morgan fingerprint density at radius 2 is 2.03 bits per heavy atom. The molecule has 1 aliphatic rings. The van der Waals surface area contributed by atoms with Gasteiger partial charge in [0.05, 0.1) is 25.1 Å². The van der Waals surface area contributed by atoms with Gasteiger partial charge in [-0.1, -0.05) is 6.07 Å². The molecule has 2 aromatic carbocycles. The van der Waals surface area contributed by atoms with E-state index in [2.05, 4.69) is 5.32 Å². The maximum Gasteiger partial charge on any atom is 0.241 e. The van der Waals surface area contributed by atoms with Gasteiger partial charge in [-0.25, -0.2) is 12.8 Å². The summed E-state index contributed by atoms with van der Waals surface area (Å²) in [6.07, 6.45) is 1.47. The van der Waals surface area contributed by atoms with Crippen molar-refractivity contribution in [2.45, 2.75) is 31.9 Å². The highest BCUT2D eigenvalue weighted by atomic mass is 32.2. The molecule has 30 heavy (non-hydrogen) atoms. The van der Waals surface area contributed by atoms with E-state index in [4.69, 9.17) is 9.47 Å². The van der Waals surface area contributed by atoms with E-state index in [0.29, 0.717) is 17.9 Å². The van der Waals surface area contributed by atoms with Gasteiger partial charge < -0.3 is 14.8 Å². The van der Waals surface area contributed by atoms with E-state index in [1.165, 1.54) is 18.2 Å². The molecule has 0 saturated carbocycles. The predicted molar refractivity (Wildman–Crippen MR) is 112 cm³/mol. The minimum absolute atomic E-state index is 0.0880. The molecule has 2 aromatic rings. The van der Waals surface area contributed by atoms with Crippen molar-refractivity contribution in [3.8, 4) is 11.5 Å². The van der Waals surface area contributed by atoms with Crippen LogP contribution < -0.4 is 19.1 Å². The minimum Gasteiger partial charge on any atom is -0.497 e. The van der Waals surface area contributed by atoms with Crippen LogP contribution in [-0.2, 0) is 14.8 Å². The monoisotopic (exact) mass is 436 g/mol. The molecule has 1 N–H and O–H groups in total. The van der Waals surface area contributed by atoms with E-state index in [1.54, 1.807) is 19.2 Å². The van der Waals surface area contributed by atoms with Crippen LogP contribution in [0.25, 0.3) is 0 Å². The smallest absolute Gasteiger partial charge is 0.241 e. The van der Waals surface area contributed by atoms with Crippen LogP contribution in [-0.4, -0.2) is 39.8 Å². The van der Waals surface area contributed by atoms with E-state index in [0.717, 1.165) is 22.2 Å². The Morgan fingerprint density at radius 1 is 1.30 bits per heavy atom. The summed E-state index contributed by atoms with van der Waals surface area (Å²) >= 11 is 0. The normalized spacial score (nSPS) is 17.4.